The molecule has 3 nitrogen and oxygen atoms in total. The summed E-state index contributed by atoms with van der Waals surface area (Å²) >= 11 is 3.99. The molecule has 0 radical (unpaired) electrons. The Morgan fingerprint density at radius 3 is 2.78 bits per heavy atom. The average molecular weight is 333 g/mol. The maximum atomic E-state index is 12.7. The first-order chi connectivity index (χ1) is 8.49. The molecule has 1 aromatic heterocycles. The van der Waals surface area contributed by atoms with Gasteiger partial charge in [-0.05, 0) is 12.1 Å². The van der Waals surface area contributed by atoms with Gasteiger partial charge in [-0.25, -0.2) is 13.8 Å². The lowest BCUT2D eigenvalue weighted by atomic mass is 10.1. The molecule has 0 spiro atoms. The topological polar surface area (TPSA) is 56.0 Å². The monoisotopic (exact) mass is 332 g/mol. The third-order valence-electron chi connectivity index (χ3n) is 2.17. The van der Waals surface area contributed by atoms with E-state index in [1.807, 2.05) is 0 Å². The number of carbonyl (C=O) groups excluding carboxylic acids is 1. The largest absolute Gasteiger partial charge is 0.375 e. The molecule has 2 N–H and O–H groups in total. The zero-order chi connectivity index (χ0) is 13.3. The maximum absolute atomic E-state index is 12.7. The zero-order valence-corrected chi connectivity index (χ0v) is 11.3. The lowest BCUT2D eigenvalue weighted by Gasteiger charge is -2.01. The Hall–Kier alpha value is -1.34. The number of rotatable bonds is 3. The number of nitrogens with two attached hydrogens (primary N) is 1. The Morgan fingerprint density at radius 2 is 2.17 bits per heavy atom. The van der Waals surface area contributed by atoms with Gasteiger partial charge in [-0.1, -0.05) is 39.4 Å². The minimum Gasteiger partial charge on any atom is -0.375 e. The molecule has 2 rings (SSSR count). The van der Waals surface area contributed by atoms with Crippen molar-refractivity contribution in [2.75, 3.05) is 5.73 Å². The van der Waals surface area contributed by atoms with Crippen molar-refractivity contribution in [3.05, 3.63) is 44.9 Å². The molecular weight excluding hydrogens is 326 g/mol. The molecule has 0 saturated carbocycles. The minimum absolute atomic E-state index is 0.0383. The van der Waals surface area contributed by atoms with E-state index >= 15 is 0 Å². The van der Waals surface area contributed by atoms with Gasteiger partial charge >= 0.3 is 0 Å². The highest BCUT2D eigenvalue weighted by Crippen LogP contribution is 2.30. The van der Waals surface area contributed by atoms with Crippen LogP contribution >= 0.6 is 27.3 Å². The summed E-state index contributed by atoms with van der Waals surface area (Å²) in [7, 11) is 0. The molecule has 1 heterocycles. The number of nitrogen functional groups attached to an aromatic ring is 1. The van der Waals surface area contributed by atoms with Gasteiger partial charge in [0.25, 0.3) is 6.43 Å². The molecule has 1 aromatic carbocycles. The lowest BCUT2D eigenvalue weighted by Crippen LogP contribution is -2.03. The van der Waals surface area contributed by atoms with E-state index in [0.29, 0.717) is 10.0 Å². The fraction of sp³-hybridized carbons (Fsp3) is 0.0909. The molecule has 0 bridgehead atoms. The highest BCUT2D eigenvalue weighted by Gasteiger charge is 2.24. The summed E-state index contributed by atoms with van der Waals surface area (Å²) in [5.41, 5.74) is 5.14. The quantitative estimate of drug-likeness (QED) is 0.872. The number of benzene rings is 1. The van der Waals surface area contributed by atoms with Gasteiger partial charge < -0.3 is 5.73 Å². The number of anilines is 1. The number of halogens is 3. The predicted octanol–water partition coefficient (Wildman–Crippen LogP) is 3.66. The summed E-state index contributed by atoms with van der Waals surface area (Å²) in [5.74, 6) is -0.499. The first-order valence-electron chi connectivity index (χ1n) is 4.83. The van der Waals surface area contributed by atoms with Gasteiger partial charge in [0.1, 0.15) is 10.6 Å². The van der Waals surface area contributed by atoms with Gasteiger partial charge in [-0.2, -0.15) is 0 Å². The molecule has 94 valence electrons. The van der Waals surface area contributed by atoms with E-state index in [2.05, 4.69) is 20.9 Å². The van der Waals surface area contributed by atoms with Crippen molar-refractivity contribution in [2.45, 2.75) is 6.43 Å². The van der Waals surface area contributed by atoms with Gasteiger partial charge in [0.05, 0.1) is 0 Å². The second kappa shape index (κ2) is 5.11. The van der Waals surface area contributed by atoms with E-state index in [0.717, 1.165) is 11.3 Å². The average Bonchev–Trinajstić information content (AvgIpc) is 2.70. The van der Waals surface area contributed by atoms with Gasteiger partial charge in [0.15, 0.2) is 5.13 Å². The molecule has 7 heteroatoms. The molecular formula is C11H7BrF2N2OS. The summed E-state index contributed by atoms with van der Waals surface area (Å²) < 4.78 is 26.1. The number of hydrogen-bond acceptors (Lipinski definition) is 4. The molecule has 2 aromatic rings. The van der Waals surface area contributed by atoms with Crippen LogP contribution in [0.3, 0.4) is 0 Å². The SMILES string of the molecule is Nc1nc(C(F)F)c(C(=O)c2cccc(Br)c2)s1. The molecule has 0 amide bonds. The summed E-state index contributed by atoms with van der Waals surface area (Å²) in [6.07, 6.45) is -2.82. The van der Waals surface area contributed by atoms with Gasteiger partial charge in [-0.3, -0.25) is 4.79 Å². The van der Waals surface area contributed by atoms with Gasteiger partial charge in [-0.15, -0.1) is 0 Å². The molecule has 0 atom stereocenters. The van der Waals surface area contributed by atoms with Gasteiger partial charge in [0, 0.05) is 10.0 Å². The highest BCUT2D eigenvalue weighted by atomic mass is 79.9. The molecule has 0 aliphatic rings. The summed E-state index contributed by atoms with van der Waals surface area (Å²) in [6.45, 7) is 0. The van der Waals surface area contributed by atoms with Crippen molar-refractivity contribution in [3.63, 3.8) is 0 Å². The first kappa shape index (κ1) is 13.1. The predicted molar refractivity (Wildman–Crippen MR) is 69.1 cm³/mol. The van der Waals surface area contributed by atoms with Crippen molar-refractivity contribution < 1.29 is 13.6 Å². The van der Waals surface area contributed by atoms with Crippen LogP contribution in [0.25, 0.3) is 0 Å². The van der Waals surface area contributed by atoms with Crippen LogP contribution in [0.1, 0.15) is 27.4 Å². The van der Waals surface area contributed by atoms with Crippen LogP contribution < -0.4 is 5.73 Å². The molecule has 0 unspecified atom stereocenters. The van der Waals surface area contributed by atoms with E-state index in [9.17, 15) is 13.6 Å². The number of alkyl halides is 2. The number of hydrogen-bond donors (Lipinski definition) is 1. The summed E-state index contributed by atoms with van der Waals surface area (Å²) in [6, 6.07) is 6.52. The number of carbonyl (C=O) groups is 1. The molecule has 18 heavy (non-hydrogen) atoms. The van der Waals surface area contributed by atoms with Crippen molar-refractivity contribution in [2.24, 2.45) is 0 Å². The normalized spacial score (nSPS) is 10.9. The fourth-order valence-electron chi connectivity index (χ4n) is 1.42. The Bertz CT molecular complexity index is 600. The van der Waals surface area contributed by atoms with Crippen molar-refractivity contribution in [1.82, 2.24) is 4.98 Å². The van der Waals surface area contributed by atoms with Crippen molar-refractivity contribution in [1.29, 1.82) is 0 Å². The van der Waals surface area contributed by atoms with Crippen molar-refractivity contribution >= 4 is 38.2 Å². The van der Waals surface area contributed by atoms with Gasteiger partial charge in [0.2, 0.25) is 5.78 Å². The van der Waals surface area contributed by atoms with Crippen molar-refractivity contribution in [3.8, 4) is 0 Å². The number of aromatic nitrogens is 1. The molecule has 0 fully saturated rings. The van der Waals surface area contributed by atoms with E-state index in [4.69, 9.17) is 5.73 Å². The summed E-state index contributed by atoms with van der Waals surface area (Å²) in [5, 5.41) is -0.0383. The van der Waals surface area contributed by atoms with Crippen LogP contribution in [0.4, 0.5) is 13.9 Å². The second-order valence-corrected chi connectivity index (χ2v) is 5.35. The third kappa shape index (κ3) is 2.56. The molecule has 0 aliphatic carbocycles. The number of ketones is 1. The smallest absolute Gasteiger partial charge is 0.282 e. The fourth-order valence-corrected chi connectivity index (χ4v) is 2.62. The van der Waals surface area contributed by atoms with Crippen LogP contribution in [-0.2, 0) is 0 Å². The Balaban J connectivity index is 2.46. The van der Waals surface area contributed by atoms with E-state index in [-0.39, 0.29) is 10.0 Å². The van der Waals surface area contributed by atoms with E-state index in [1.54, 1.807) is 24.3 Å². The lowest BCUT2D eigenvalue weighted by molar-refractivity contribution is 0.102. The minimum atomic E-state index is -2.82. The summed E-state index contributed by atoms with van der Waals surface area (Å²) in [4.78, 5) is 15.5. The molecule has 0 saturated heterocycles. The van der Waals surface area contributed by atoms with E-state index in [1.165, 1.54) is 0 Å². The molecule has 0 aliphatic heterocycles. The second-order valence-electron chi connectivity index (χ2n) is 3.41. The first-order valence-corrected chi connectivity index (χ1v) is 6.44. The standard InChI is InChI=1S/C11H7BrF2N2OS/c12-6-3-1-2-5(4-6)8(17)9-7(10(13)14)16-11(15)18-9/h1-4,10H,(H2,15,16). The van der Waals surface area contributed by atoms with Crippen LogP contribution in [0, 0.1) is 0 Å². The van der Waals surface area contributed by atoms with Crippen LogP contribution in [0.15, 0.2) is 28.7 Å². The van der Waals surface area contributed by atoms with Crippen LogP contribution in [0.5, 0.6) is 0 Å². The highest BCUT2D eigenvalue weighted by molar-refractivity contribution is 9.10. The Kier molecular flexibility index (Phi) is 3.72. The third-order valence-corrected chi connectivity index (χ3v) is 3.56. The van der Waals surface area contributed by atoms with Crippen LogP contribution in [-0.4, -0.2) is 10.8 Å². The van der Waals surface area contributed by atoms with Crippen LogP contribution in [0.2, 0.25) is 0 Å². The van der Waals surface area contributed by atoms with E-state index < -0.39 is 17.9 Å². The Morgan fingerprint density at radius 1 is 1.44 bits per heavy atom. The number of nitrogens with zero attached hydrogens (tertiary/aromatic N) is 1. The number of thiazole rings is 1. The zero-order valence-electron chi connectivity index (χ0n) is 8.86. The Labute approximate surface area is 114 Å². The maximum Gasteiger partial charge on any atom is 0.282 e.